The summed E-state index contributed by atoms with van der Waals surface area (Å²) in [5.74, 6) is -1.05. The Morgan fingerprint density at radius 2 is 2.06 bits per heavy atom. The lowest BCUT2D eigenvalue weighted by molar-refractivity contribution is 0.0681. The smallest absolute Gasteiger partial charge is 0.372 e. The lowest BCUT2D eigenvalue weighted by atomic mass is 10.2. The van der Waals surface area contributed by atoms with Crippen LogP contribution < -0.4 is 0 Å². The fraction of sp³-hybridized carbons (Fsp3) is 0. The van der Waals surface area contributed by atoms with Crippen molar-refractivity contribution in [2.75, 3.05) is 0 Å². The molecule has 2 heterocycles. The van der Waals surface area contributed by atoms with E-state index in [0.717, 1.165) is 16.6 Å². The Kier molecular flexibility index (Phi) is 2.30. The minimum atomic E-state index is -1.05. The van der Waals surface area contributed by atoms with Gasteiger partial charge in [0.05, 0.1) is 5.52 Å². The van der Waals surface area contributed by atoms with E-state index >= 15 is 0 Å². The Balaban J connectivity index is 2.19. The van der Waals surface area contributed by atoms with Gasteiger partial charge in [0.1, 0.15) is 0 Å². The molecule has 0 bridgehead atoms. The number of imidazole rings is 1. The average molecular weight is 239 g/mol. The molecule has 0 fully saturated rings. The van der Waals surface area contributed by atoms with Gasteiger partial charge in [-0.05, 0) is 24.3 Å². The number of pyridine rings is 1. The van der Waals surface area contributed by atoms with Gasteiger partial charge >= 0.3 is 5.97 Å². The third-order valence-electron chi connectivity index (χ3n) is 2.70. The van der Waals surface area contributed by atoms with E-state index in [0.29, 0.717) is 0 Å². The lowest BCUT2D eigenvalue weighted by Crippen LogP contribution is -2.07. The third kappa shape index (κ3) is 1.62. The molecule has 0 atom stereocenters. The second-order valence-electron chi connectivity index (χ2n) is 3.81. The molecule has 0 aliphatic rings. The van der Waals surface area contributed by atoms with Crippen LogP contribution in [0.5, 0.6) is 0 Å². The molecule has 18 heavy (non-hydrogen) atoms. The molecule has 0 radical (unpaired) electrons. The summed E-state index contributed by atoms with van der Waals surface area (Å²) in [6.07, 6.45) is 4.82. The van der Waals surface area contributed by atoms with Crippen molar-refractivity contribution in [3.05, 3.63) is 54.7 Å². The number of aromatic nitrogens is 3. The molecule has 0 saturated carbocycles. The van der Waals surface area contributed by atoms with Gasteiger partial charge in [0.2, 0.25) is 5.82 Å². The minimum absolute atomic E-state index is 0.00163. The number of hydrogen-bond donors (Lipinski definition) is 1. The number of rotatable bonds is 2. The Morgan fingerprint density at radius 3 is 2.89 bits per heavy atom. The molecule has 1 N–H and O–H groups in total. The maximum Gasteiger partial charge on any atom is 0.372 e. The van der Waals surface area contributed by atoms with Gasteiger partial charge in [-0.25, -0.2) is 9.78 Å². The van der Waals surface area contributed by atoms with Gasteiger partial charge in [-0.15, -0.1) is 0 Å². The fourth-order valence-electron chi connectivity index (χ4n) is 1.88. The average Bonchev–Trinajstić information content (AvgIpc) is 2.87. The molecule has 1 aromatic carbocycles. The van der Waals surface area contributed by atoms with Gasteiger partial charge < -0.3 is 5.11 Å². The van der Waals surface area contributed by atoms with E-state index in [1.165, 1.54) is 10.8 Å². The first-order valence-corrected chi connectivity index (χ1v) is 5.37. The highest BCUT2D eigenvalue weighted by Gasteiger charge is 2.12. The van der Waals surface area contributed by atoms with E-state index in [2.05, 4.69) is 9.97 Å². The van der Waals surface area contributed by atoms with E-state index in [1.54, 1.807) is 12.4 Å². The zero-order chi connectivity index (χ0) is 12.5. The number of carboxylic acid groups (broad SMARTS) is 1. The first-order valence-electron chi connectivity index (χ1n) is 5.37. The van der Waals surface area contributed by atoms with Crippen LogP contribution >= 0.6 is 0 Å². The van der Waals surface area contributed by atoms with Crippen LogP contribution in [0.3, 0.4) is 0 Å². The largest absolute Gasteiger partial charge is 0.475 e. The summed E-state index contributed by atoms with van der Waals surface area (Å²) in [5.41, 5.74) is 1.63. The molecule has 0 spiro atoms. The molecule has 2 aromatic heterocycles. The molecule has 0 unspecified atom stereocenters. The maximum absolute atomic E-state index is 11.0. The molecule has 0 saturated heterocycles. The summed E-state index contributed by atoms with van der Waals surface area (Å²) in [6, 6.07) is 9.34. The van der Waals surface area contributed by atoms with Crippen molar-refractivity contribution in [3.8, 4) is 5.69 Å². The minimum Gasteiger partial charge on any atom is -0.475 e. The van der Waals surface area contributed by atoms with Gasteiger partial charge in [-0.1, -0.05) is 6.07 Å². The number of fused-ring (bicyclic) bond motifs is 1. The quantitative estimate of drug-likeness (QED) is 0.743. The summed E-state index contributed by atoms with van der Waals surface area (Å²) < 4.78 is 1.54. The summed E-state index contributed by atoms with van der Waals surface area (Å²) >= 11 is 0. The first-order chi connectivity index (χ1) is 8.75. The lowest BCUT2D eigenvalue weighted by Gasteiger charge is -2.06. The van der Waals surface area contributed by atoms with Crippen LogP contribution in [-0.2, 0) is 0 Å². The van der Waals surface area contributed by atoms with Crippen molar-refractivity contribution < 1.29 is 9.90 Å². The van der Waals surface area contributed by atoms with Crippen molar-refractivity contribution in [1.29, 1.82) is 0 Å². The van der Waals surface area contributed by atoms with Crippen molar-refractivity contribution in [2.45, 2.75) is 0 Å². The summed E-state index contributed by atoms with van der Waals surface area (Å²) in [7, 11) is 0. The monoisotopic (exact) mass is 239 g/mol. The van der Waals surface area contributed by atoms with Gasteiger partial charge in [0, 0.05) is 29.7 Å². The van der Waals surface area contributed by atoms with Crippen LogP contribution in [0.1, 0.15) is 10.6 Å². The highest BCUT2D eigenvalue weighted by atomic mass is 16.4. The van der Waals surface area contributed by atoms with Crippen LogP contribution in [0.2, 0.25) is 0 Å². The number of carbonyl (C=O) groups is 1. The van der Waals surface area contributed by atoms with Gasteiger partial charge in [-0.3, -0.25) is 9.55 Å². The fourth-order valence-corrected chi connectivity index (χ4v) is 1.88. The van der Waals surface area contributed by atoms with Gasteiger partial charge in [0.25, 0.3) is 0 Å². The molecular weight excluding hydrogens is 230 g/mol. The highest BCUT2D eigenvalue weighted by Crippen LogP contribution is 2.17. The Hall–Kier alpha value is -2.69. The van der Waals surface area contributed by atoms with Crippen LogP contribution in [0.15, 0.2) is 48.9 Å². The number of benzene rings is 1. The summed E-state index contributed by atoms with van der Waals surface area (Å²) in [6.45, 7) is 0. The van der Waals surface area contributed by atoms with Crippen LogP contribution in [0.25, 0.3) is 16.6 Å². The Bertz CT molecular complexity index is 734. The summed E-state index contributed by atoms with van der Waals surface area (Å²) in [4.78, 5) is 19.1. The molecule has 5 nitrogen and oxygen atoms in total. The molecule has 88 valence electrons. The number of carboxylic acids is 1. The predicted octanol–water partition coefficient (Wildman–Crippen LogP) is 2.12. The Labute approximate surface area is 102 Å². The van der Waals surface area contributed by atoms with Gasteiger partial charge in [-0.2, -0.15) is 0 Å². The third-order valence-corrected chi connectivity index (χ3v) is 2.70. The molecular formula is C13H9N3O2. The van der Waals surface area contributed by atoms with Crippen molar-refractivity contribution >= 4 is 16.9 Å². The SMILES string of the molecule is O=C(O)c1nccn1-c1ccc2ncccc2c1. The number of nitrogens with zero attached hydrogens (tertiary/aromatic N) is 3. The standard InChI is InChI=1S/C13H9N3O2/c17-13(18)12-15-6-7-16(12)10-3-4-11-9(8-10)2-1-5-14-11/h1-8H,(H,17,18). The van der Waals surface area contributed by atoms with Gasteiger partial charge in [0.15, 0.2) is 0 Å². The molecule has 0 aliphatic heterocycles. The van der Waals surface area contributed by atoms with Crippen molar-refractivity contribution in [2.24, 2.45) is 0 Å². The second-order valence-corrected chi connectivity index (χ2v) is 3.81. The van der Waals surface area contributed by atoms with Crippen LogP contribution in [0, 0.1) is 0 Å². The van der Waals surface area contributed by atoms with Crippen molar-refractivity contribution in [1.82, 2.24) is 14.5 Å². The van der Waals surface area contributed by atoms with Crippen LogP contribution in [-0.4, -0.2) is 25.6 Å². The van der Waals surface area contributed by atoms with E-state index < -0.39 is 5.97 Å². The number of hydrogen-bond acceptors (Lipinski definition) is 3. The molecule has 0 amide bonds. The highest BCUT2D eigenvalue weighted by molar-refractivity contribution is 5.85. The predicted molar refractivity (Wildman–Crippen MR) is 65.8 cm³/mol. The maximum atomic E-state index is 11.0. The normalized spacial score (nSPS) is 10.7. The van der Waals surface area contributed by atoms with Crippen molar-refractivity contribution in [3.63, 3.8) is 0 Å². The topological polar surface area (TPSA) is 68.0 Å². The van der Waals surface area contributed by atoms with E-state index in [-0.39, 0.29) is 5.82 Å². The molecule has 3 rings (SSSR count). The van der Waals surface area contributed by atoms with E-state index in [4.69, 9.17) is 5.11 Å². The first kappa shape index (κ1) is 10.5. The zero-order valence-electron chi connectivity index (χ0n) is 9.32. The molecule has 0 aliphatic carbocycles. The molecule has 3 aromatic rings. The van der Waals surface area contributed by atoms with Crippen LogP contribution in [0.4, 0.5) is 0 Å². The molecule has 5 heteroatoms. The Morgan fingerprint density at radius 1 is 1.17 bits per heavy atom. The van der Waals surface area contributed by atoms with E-state index in [9.17, 15) is 4.79 Å². The summed E-state index contributed by atoms with van der Waals surface area (Å²) in [5, 5.41) is 9.99. The number of aromatic carboxylic acids is 1. The van der Waals surface area contributed by atoms with E-state index in [1.807, 2.05) is 30.3 Å². The second kappa shape index (κ2) is 3.96. The zero-order valence-corrected chi connectivity index (χ0v) is 9.32.